The van der Waals surface area contributed by atoms with Crippen LogP contribution in [0.5, 0.6) is 0 Å². The molecule has 0 bridgehead atoms. The molecule has 6 heteroatoms. The second-order valence-electron chi connectivity index (χ2n) is 4.59. The van der Waals surface area contributed by atoms with Crippen LogP contribution in [-0.2, 0) is 10.0 Å². The lowest BCUT2D eigenvalue weighted by Gasteiger charge is -2.17. The van der Waals surface area contributed by atoms with Crippen molar-refractivity contribution in [2.75, 3.05) is 17.8 Å². The molecule has 2 N–H and O–H groups in total. The average Bonchev–Trinajstić information content (AvgIpc) is 2.34. The van der Waals surface area contributed by atoms with Crippen molar-refractivity contribution < 1.29 is 12.8 Å². The second-order valence-corrected chi connectivity index (χ2v) is 6.69. The van der Waals surface area contributed by atoms with Gasteiger partial charge in [-0.1, -0.05) is 19.1 Å². The van der Waals surface area contributed by atoms with Gasteiger partial charge in [-0.25, -0.2) is 12.8 Å². The monoisotopic (exact) mass is 288 g/mol. The summed E-state index contributed by atoms with van der Waals surface area (Å²) in [7, 11) is -3.59. The van der Waals surface area contributed by atoms with Gasteiger partial charge in [0, 0.05) is 6.54 Å². The zero-order valence-electron chi connectivity index (χ0n) is 11.5. The van der Waals surface area contributed by atoms with Gasteiger partial charge in [0.1, 0.15) is 5.82 Å². The van der Waals surface area contributed by atoms with Crippen LogP contribution in [0.25, 0.3) is 0 Å². The first kappa shape index (κ1) is 15.9. The molecule has 0 amide bonds. The van der Waals surface area contributed by atoms with Crippen molar-refractivity contribution in [3.05, 3.63) is 29.6 Å². The van der Waals surface area contributed by atoms with Crippen LogP contribution >= 0.6 is 0 Å². The smallest absolute Gasteiger partial charge is 0.236 e. The minimum Gasteiger partial charge on any atom is -0.315 e. The summed E-state index contributed by atoms with van der Waals surface area (Å²) in [4.78, 5) is 0. The molecular formula is C13H21FN2O2S. The summed E-state index contributed by atoms with van der Waals surface area (Å²) < 4.78 is 40.1. The molecular weight excluding hydrogens is 267 g/mol. The van der Waals surface area contributed by atoms with E-state index in [2.05, 4.69) is 10.0 Å². The Labute approximate surface area is 114 Å². The highest BCUT2D eigenvalue weighted by atomic mass is 32.2. The summed E-state index contributed by atoms with van der Waals surface area (Å²) >= 11 is 0. The maximum atomic E-state index is 13.6. The first-order valence-electron chi connectivity index (χ1n) is 6.36. The van der Waals surface area contributed by atoms with Gasteiger partial charge in [0.15, 0.2) is 0 Å². The number of rotatable bonds is 7. The van der Waals surface area contributed by atoms with Crippen molar-refractivity contribution >= 4 is 15.7 Å². The third kappa shape index (κ3) is 4.47. The largest absolute Gasteiger partial charge is 0.315 e. The molecule has 0 aliphatic carbocycles. The first-order valence-corrected chi connectivity index (χ1v) is 7.90. The molecule has 1 unspecified atom stereocenters. The lowest BCUT2D eigenvalue weighted by Crippen LogP contribution is -2.35. The topological polar surface area (TPSA) is 58.2 Å². The molecule has 0 aliphatic rings. The van der Waals surface area contributed by atoms with E-state index in [9.17, 15) is 12.8 Å². The molecule has 4 nitrogen and oxygen atoms in total. The SMILES string of the molecule is CCCNCC(C)S(=O)(=O)Nc1c(C)cccc1F. The molecule has 108 valence electrons. The van der Waals surface area contributed by atoms with E-state index in [1.165, 1.54) is 6.07 Å². The highest BCUT2D eigenvalue weighted by molar-refractivity contribution is 7.93. The fraction of sp³-hybridized carbons (Fsp3) is 0.538. The zero-order chi connectivity index (χ0) is 14.5. The van der Waals surface area contributed by atoms with E-state index in [1.807, 2.05) is 6.92 Å². The highest BCUT2D eigenvalue weighted by Crippen LogP contribution is 2.21. The van der Waals surface area contributed by atoms with E-state index in [0.717, 1.165) is 13.0 Å². The number of anilines is 1. The minimum atomic E-state index is -3.59. The molecule has 0 saturated carbocycles. The first-order chi connectivity index (χ1) is 8.88. The predicted molar refractivity (Wildman–Crippen MR) is 76.3 cm³/mol. The Morgan fingerprint density at radius 1 is 1.37 bits per heavy atom. The Balaban J connectivity index is 2.79. The van der Waals surface area contributed by atoms with E-state index >= 15 is 0 Å². The number of benzene rings is 1. The molecule has 19 heavy (non-hydrogen) atoms. The number of para-hydroxylation sites is 1. The molecule has 0 fully saturated rings. The van der Waals surface area contributed by atoms with Gasteiger partial charge in [0.25, 0.3) is 0 Å². The summed E-state index contributed by atoms with van der Waals surface area (Å²) in [5, 5.41) is 2.42. The average molecular weight is 288 g/mol. The van der Waals surface area contributed by atoms with Gasteiger partial charge in [0.05, 0.1) is 10.9 Å². The Kier molecular flexibility index (Phi) is 5.75. The molecule has 0 spiro atoms. The summed E-state index contributed by atoms with van der Waals surface area (Å²) in [6.07, 6.45) is 0.937. The standard InChI is InChI=1S/C13H21FN2O2S/c1-4-8-15-9-11(3)19(17,18)16-13-10(2)6-5-7-12(13)14/h5-7,11,15-16H,4,8-9H2,1-3H3. The number of sulfonamides is 1. The molecule has 0 aromatic heterocycles. The Bertz CT molecular complexity index is 497. The summed E-state index contributed by atoms with van der Waals surface area (Å²) in [5.41, 5.74) is 0.599. The second kappa shape index (κ2) is 6.86. The third-order valence-corrected chi connectivity index (χ3v) is 4.57. The van der Waals surface area contributed by atoms with Gasteiger partial charge in [-0.2, -0.15) is 0 Å². The van der Waals surface area contributed by atoms with Gasteiger partial charge in [-0.3, -0.25) is 4.72 Å². The minimum absolute atomic E-state index is 0.0323. The van der Waals surface area contributed by atoms with Crippen molar-refractivity contribution in [3.63, 3.8) is 0 Å². The fourth-order valence-electron chi connectivity index (χ4n) is 1.60. The summed E-state index contributed by atoms with van der Waals surface area (Å²) in [6.45, 7) is 6.38. The maximum Gasteiger partial charge on any atom is 0.236 e. The van der Waals surface area contributed by atoms with Crippen LogP contribution in [-0.4, -0.2) is 26.8 Å². The van der Waals surface area contributed by atoms with Crippen molar-refractivity contribution in [2.45, 2.75) is 32.4 Å². The fourth-order valence-corrected chi connectivity index (χ4v) is 2.68. The van der Waals surface area contributed by atoms with Crippen molar-refractivity contribution in [3.8, 4) is 0 Å². The molecule has 0 radical (unpaired) electrons. The van der Waals surface area contributed by atoms with Gasteiger partial charge in [-0.15, -0.1) is 0 Å². The van der Waals surface area contributed by atoms with Crippen LogP contribution < -0.4 is 10.0 Å². The van der Waals surface area contributed by atoms with Crippen LogP contribution in [0.1, 0.15) is 25.8 Å². The van der Waals surface area contributed by atoms with E-state index < -0.39 is 21.1 Å². The number of hydrogen-bond acceptors (Lipinski definition) is 3. The number of nitrogens with one attached hydrogen (secondary N) is 2. The van der Waals surface area contributed by atoms with Gasteiger partial charge in [-0.05, 0) is 38.4 Å². The van der Waals surface area contributed by atoms with Gasteiger partial charge < -0.3 is 5.32 Å². The van der Waals surface area contributed by atoms with E-state index in [1.54, 1.807) is 26.0 Å². The lowest BCUT2D eigenvalue weighted by molar-refractivity contribution is 0.574. The van der Waals surface area contributed by atoms with Crippen LogP contribution in [0.4, 0.5) is 10.1 Å². The highest BCUT2D eigenvalue weighted by Gasteiger charge is 2.22. The van der Waals surface area contributed by atoms with Crippen molar-refractivity contribution in [2.24, 2.45) is 0 Å². The quantitative estimate of drug-likeness (QED) is 0.757. The van der Waals surface area contributed by atoms with E-state index in [0.29, 0.717) is 12.1 Å². The molecule has 1 rings (SSSR count). The third-order valence-electron chi connectivity index (χ3n) is 2.85. The van der Waals surface area contributed by atoms with E-state index in [-0.39, 0.29) is 5.69 Å². The van der Waals surface area contributed by atoms with Crippen molar-refractivity contribution in [1.29, 1.82) is 0 Å². The Morgan fingerprint density at radius 3 is 2.63 bits per heavy atom. The molecule has 1 aromatic carbocycles. The van der Waals surface area contributed by atoms with Crippen LogP contribution in [0.2, 0.25) is 0 Å². The predicted octanol–water partition coefficient (Wildman–Crippen LogP) is 2.26. The van der Waals surface area contributed by atoms with Crippen LogP contribution in [0, 0.1) is 12.7 Å². The number of hydrogen-bond donors (Lipinski definition) is 2. The molecule has 1 atom stereocenters. The van der Waals surface area contributed by atoms with Crippen LogP contribution in [0.15, 0.2) is 18.2 Å². The van der Waals surface area contributed by atoms with Gasteiger partial charge in [0.2, 0.25) is 10.0 Å². The van der Waals surface area contributed by atoms with E-state index in [4.69, 9.17) is 0 Å². The number of halogens is 1. The lowest BCUT2D eigenvalue weighted by atomic mass is 10.2. The summed E-state index contributed by atoms with van der Waals surface area (Å²) in [6, 6.07) is 4.46. The van der Waals surface area contributed by atoms with Crippen molar-refractivity contribution in [1.82, 2.24) is 5.32 Å². The normalized spacial score (nSPS) is 13.3. The Hall–Kier alpha value is -1.14. The molecule has 0 aliphatic heterocycles. The molecule has 1 aromatic rings. The maximum absolute atomic E-state index is 13.6. The molecule has 0 heterocycles. The van der Waals surface area contributed by atoms with Gasteiger partial charge >= 0.3 is 0 Å². The number of aryl methyl sites for hydroxylation is 1. The Morgan fingerprint density at radius 2 is 2.05 bits per heavy atom. The molecule has 0 saturated heterocycles. The zero-order valence-corrected chi connectivity index (χ0v) is 12.3. The van der Waals surface area contributed by atoms with Crippen LogP contribution in [0.3, 0.4) is 0 Å². The summed E-state index contributed by atoms with van der Waals surface area (Å²) in [5.74, 6) is -0.558.